The zero-order chi connectivity index (χ0) is 45.9. The van der Waals surface area contributed by atoms with E-state index < -0.39 is 5.82 Å². The van der Waals surface area contributed by atoms with Crippen molar-refractivity contribution in [1.29, 1.82) is 0 Å². The summed E-state index contributed by atoms with van der Waals surface area (Å²) in [6, 6.07) is 17.9. The lowest BCUT2D eigenvalue weighted by Crippen LogP contribution is -2.48. The lowest BCUT2D eigenvalue weighted by molar-refractivity contribution is -0.130. The van der Waals surface area contributed by atoms with Gasteiger partial charge in [0.15, 0.2) is 5.82 Å². The molecule has 0 saturated carbocycles. The first-order valence-corrected chi connectivity index (χ1v) is 22.4. The lowest BCUT2D eigenvalue weighted by atomic mass is 9.96. The first-order valence-electron chi connectivity index (χ1n) is 21.1. The lowest BCUT2D eigenvalue weighted by Gasteiger charge is -2.35. The maximum absolute atomic E-state index is 16.9. The first kappa shape index (κ1) is 46.6. The number of anilines is 2. The van der Waals surface area contributed by atoms with Gasteiger partial charge in [0.1, 0.15) is 29.4 Å². The smallest absolute Gasteiger partial charge is 0.246 e. The van der Waals surface area contributed by atoms with Crippen LogP contribution in [0.15, 0.2) is 78.8 Å². The Hall–Kier alpha value is -6.40. The number of ether oxygens (including phenoxy) is 3. The summed E-state index contributed by atoms with van der Waals surface area (Å²) < 4.78 is 34.4. The van der Waals surface area contributed by atoms with E-state index in [9.17, 15) is 19.5 Å². The number of aromatic nitrogens is 3. The molecule has 6 aromatic rings. The first-order chi connectivity index (χ1) is 31.6. The van der Waals surface area contributed by atoms with Gasteiger partial charge in [0.05, 0.1) is 47.5 Å². The van der Waals surface area contributed by atoms with Crippen molar-refractivity contribution in [3.63, 3.8) is 0 Å². The molecular weight excluding hydrogens is 875 g/mol. The molecule has 1 saturated heterocycles. The second-order valence-electron chi connectivity index (χ2n) is 15.2. The predicted octanol–water partition coefficient (Wildman–Crippen LogP) is 6.83. The summed E-state index contributed by atoms with van der Waals surface area (Å²) in [4.78, 5) is 56.3. The number of rotatable bonds is 21. The Morgan fingerprint density at radius 1 is 1.00 bits per heavy atom. The second kappa shape index (κ2) is 22.0. The highest BCUT2D eigenvalue weighted by atomic mass is 35.5. The molecule has 4 aromatic carbocycles. The summed E-state index contributed by atoms with van der Waals surface area (Å²) in [6.07, 6.45) is 2.03. The number of aryl methyl sites for hydroxylation is 1. The maximum atomic E-state index is 16.9. The fourth-order valence-electron chi connectivity index (χ4n) is 7.55. The van der Waals surface area contributed by atoms with Crippen LogP contribution < -0.4 is 20.3 Å². The second-order valence-corrected chi connectivity index (χ2v) is 16.5. The molecule has 18 heteroatoms. The third-order valence-electron chi connectivity index (χ3n) is 11.0. The molecule has 0 spiro atoms. The van der Waals surface area contributed by atoms with E-state index in [0.717, 1.165) is 21.7 Å². The number of thiazole rings is 1. The van der Waals surface area contributed by atoms with Crippen molar-refractivity contribution in [1.82, 2.24) is 30.1 Å². The number of hydrogen-bond donors (Lipinski definition) is 3. The SMILES string of the molecule is C=CC(=O)N1CCN(c2nc(NCCC(=O)N(C)CCOCCOCCOc3cc(-c4scnc4C)ccc3CNC=O)nc3c(F)c(-c4cc(O)cc5ccccc45)c(Cl)cc23)CC1. The zero-order valence-electron chi connectivity index (χ0n) is 36.1. The number of fused-ring (bicyclic) bond motifs is 2. The van der Waals surface area contributed by atoms with Crippen molar-refractivity contribution in [2.45, 2.75) is 19.9 Å². The van der Waals surface area contributed by atoms with Crippen molar-refractivity contribution in [2.75, 3.05) is 89.6 Å². The highest BCUT2D eigenvalue weighted by molar-refractivity contribution is 7.13. The quantitative estimate of drug-likeness (QED) is 0.0391. The number of carbonyl (C=O) groups excluding carboxylic acids is 3. The Labute approximate surface area is 384 Å². The molecule has 1 fully saturated rings. The number of hydrogen-bond acceptors (Lipinski definition) is 13. The summed E-state index contributed by atoms with van der Waals surface area (Å²) >= 11 is 8.42. The molecule has 0 bridgehead atoms. The molecule has 1 aliphatic rings. The Balaban J connectivity index is 0.923. The molecule has 0 radical (unpaired) electrons. The number of piperazine rings is 1. The van der Waals surface area contributed by atoms with Crippen LogP contribution in [0.3, 0.4) is 0 Å². The predicted molar refractivity (Wildman–Crippen MR) is 251 cm³/mol. The fourth-order valence-corrected chi connectivity index (χ4v) is 8.65. The topological polar surface area (TPSA) is 172 Å². The molecule has 1 aliphatic heterocycles. The third kappa shape index (κ3) is 11.3. The normalized spacial score (nSPS) is 12.7. The number of amides is 3. The fraction of sp³-hybridized carbons (Fsp3) is 0.319. The van der Waals surface area contributed by atoms with Crippen LogP contribution in [0.5, 0.6) is 11.5 Å². The van der Waals surface area contributed by atoms with Crippen LogP contribution in [0.1, 0.15) is 17.7 Å². The molecule has 3 heterocycles. The van der Waals surface area contributed by atoms with E-state index >= 15 is 4.39 Å². The van der Waals surface area contributed by atoms with Gasteiger partial charge >= 0.3 is 0 Å². The molecular formula is C47H50ClFN8O7S. The summed E-state index contributed by atoms with van der Waals surface area (Å²) in [6.45, 7) is 9.63. The number of nitrogens with zero attached hydrogens (tertiary/aromatic N) is 6. The molecule has 0 atom stereocenters. The van der Waals surface area contributed by atoms with Gasteiger partial charge < -0.3 is 44.7 Å². The average molecular weight is 925 g/mol. The highest BCUT2D eigenvalue weighted by Gasteiger charge is 2.27. The van der Waals surface area contributed by atoms with Gasteiger partial charge in [0.25, 0.3) is 0 Å². The Morgan fingerprint density at radius 3 is 2.52 bits per heavy atom. The van der Waals surface area contributed by atoms with E-state index in [4.69, 9.17) is 30.8 Å². The van der Waals surface area contributed by atoms with Gasteiger partial charge in [-0.1, -0.05) is 54.6 Å². The zero-order valence-corrected chi connectivity index (χ0v) is 37.7. The van der Waals surface area contributed by atoms with E-state index in [1.807, 2.05) is 54.3 Å². The van der Waals surface area contributed by atoms with Gasteiger partial charge in [-0.2, -0.15) is 4.98 Å². The number of likely N-dealkylation sites (N-methyl/N-ethyl adjacent to an activating group) is 1. The number of halogens is 2. The van der Waals surface area contributed by atoms with Gasteiger partial charge in [-0.15, -0.1) is 11.3 Å². The van der Waals surface area contributed by atoms with E-state index in [0.29, 0.717) is 112 Å². The van der Waals surface area contributed by atoms with Crippen LogP contribution in [0.4, 0.5) is 16.2 Å². The minimum absolute atomic E-state index is 0.0106. The van der Waals surface area contributed by atoms with Gasteiger partial charge in [-0.25, -0.2) is 14.4 Å². The van der Waals surface area contributed by atoms with Crippen molar-refractivity contribution in [3.8, 4) is 33.1 Å². The van der Waals surface area contributed by atoms with Gasteiger partial charge in [0, 0.05) is 75.8 Å². The van der Waals surface area contributed by atoms with Crippen LogP contribution in [-0.4, -0.2) is 127 Å². The van der Waals surface area contributed by atoms with E-state index in [1.54, 1.807) is 45.8 Å². The number of aromatic hydroxyl groups is 1. The number of phenolic OH excluding ortho intramolecular Hbond substituents is 1. The summed E-state index contributed by atoms with van der Waals surface area (Å²) in [7, 11) is 1.69. The largest absolute Gasteiger partial charge is 0.508 e. The minimum atomic E-state index is -0.687. The number of phenols is 1. The van der Waals surface area contributed by atoms with E-state index in [-0.39, 0.29) is 52.6 Å². The standard InChI is InChI=1S/C47H50ClFN8O7S/c1-4-40(60)56-13-15-57(16-14-56)46-37-26-38(48)42(36-25-34(59)23-31-7-5-6-8-35(31)36)43(49)44(37)53-47(54-46)51-12-11-41(61)55(3)17-18-62-19-20-63-21-22-64-39-24-32(45-30(2)52-29-65-45)9-10-33(39)27-50-28-58/h4-10,23-26,28-29,59H,1,11-22,27H2,2-3H3,(H,50,58)(H,51,53,54). The van der Waals surface area contributed by atoms with Crippen molar-refractivity contribution < 1.29 is 38.1 Å². The number of nitrogens with one attached hydrogen (secondary N) is 2. The molecule has 0 unspecified atom stereocenters. The molecule has 65 heavy (non-hydrogen) atoms. The third-order valence-corrected chi connectivity index (χ3v) is 12.2. The van der Waals surface area contributed by atoms with Crippen LogP contribution >= 0.6 is 22.9 Å². The molecule has 0 aliphatic carbocycles. The molecule has 15 nitrogen and oxygen atoms in total. The van der Waals surface area contributed by atoms with Gasteiger partial charge in [-0.3, -0.25) is 14.4 Å². The minimum Gasteiger partial charge on any atom is -0.508 e. The Kier molecular flexibility index (Phi) is 15.8. The maximum Gasteiger partial charge on any atom is 0.246 e. The van der Waals surface area contributed by atoms with Crippen LogP contribution in [0.2, 0.25) is 5.02 Å². The summed E-state index contributed by atoms with van der Waals surface area (Å²) in [5.41, 5.74) is 5.08. The average Bonchev–Trinajstić information content (AvgIpc) is 3.75. The van der Waals surface area contributed by atoms with Crippen molar-refractivity contribution >= 4 is 74.6 Å². The number of carbonyl (C=O) groups is 3. The molecule has 2 aromatic heterocycles. The Bertz CT molecular complexity index is 2680. The van der Waals surface area contributed by atoms with Crippen molar-refractivity contribution in [2.24, 2.45) is 0 Å². The van der Waals surface area contributed by atoms with Gasteiger partial charge in [-0.05, 0) is 59.2 Å². The summed E-state index contributed by atoms with van der Waals surface area (Å²) in [5, 5.41) is 18.3. The van der Waals surface area contributed by atoms with E-state index in [2.05, 4.69) is 27.2 Å². The molecule has 3 amide bonds. The van der Waals surface area contributed by atoms with Crippen LogP contribution in [-0.2, 0) is 30.4 Å². The Morgan fingerprint density at radius 2 is 1.77 bits per heavy atom. The molecule has 3 N–H and O–H groups in total. The molecule has 7 rings (SSSR count). The van der Waals surface area contributed by atoms with Crippen molar-refractivity contribution in [3.05, 3.63) is 101 Å². The monoisotopic (exact) mass is 924 g/mol. The molecule has 340 valence electrons. The van der Waals surface area contributed by atoms with Crippen LogP contribution in [0.25, 0.3) is 43.2 Å². The van der Waals surface area contributed by atoms with E-state index in [1.165, 1.54) is 12.1 Å². The highest BCUT2D eigenvalue weighted by Crippen LogP contribution is 2.42. The number of benzene rings is 4. The van der Waals surface area contributed by atoms with Gasteiger partial charge in [0.2, 0.25) is 24.2 Å². The van der Waals surface area contributed by atoms with Crippen LogP contribution in [0, 0.1) is 12.7 Å². The summed E-state index contributed by atoms with van der Waals surface area (Å²) in [5.74, 6) is 0.153.